The normalized spacial score (nSPS) is 13.0. The second-order valence-electron chi connectivity index (χ2n) is 5.92. The highest BCUT2D eigenvalue weighted by atomic mass is 16.2. The van der Waals surface area contributed by atoms with E-state index in [1.165, 1.54) is 9.80 Å². The predicted octanol–water partition coefficient (Wildman–Crippen LogP) is 0.562. The van der Waals surface area contributed by atoms with Gasteiger partial charge in [-0.2, -0.15) is 4.98 Å². The fourth-order valence-corrected chi connectivity index (χ4v) is 1.95. The van der Waals surface area contributed by atoms with E-state index in [-0.39, 0.29) is 11.8 Å². The van der Waals surface area contributed by atoms with Gasteiger partial charge < -0.3 is 20.4 Å². The molecule has 1 aromatic heterocycles. The largest absolute Gasteiger partial charge is 0.358 e. The first kappa shape index (κ1) is 18.7. The fraction of sp³-hybridized carbons (Fsp3) is 0.600. The molecular formula is C15H26N6O2. The number of carbonyl (C=O) groups excluding carboxylic acids is 2. The van der Waals surface area contributed by atoms with E-state index >= 15 is 0 Å². The SMILES string of the molecule is Cc1cnc(N[C@@H](C)C(=O)N(C)C)nc1N[C@@H](C)C(=O)N(C)C. The van der Waals surface area contributed by atoms with Crippen LogP contribution in [0, 0.1) is 6.92 Å². The van der Waals surface area contributed by atoms with Crippen LogP contribution < -0.4 is 10.6 Å². The number of anilines is 2. The molecule has 0 unspecified atom stereocenters. The maximum absolute atomic E-state index is 11.9. The topological polar surface area (TPSA) is 90.5 Å². The summed E-state index contributed by atoms with van der Waals surface area (Å²) in [5, 5.41) is 6.05. The van der Waals surface area contributed by atoms with Gasteiger partial charge in [-0.15, -0.1) is 0 Å². The monoisotopic (exact) mass is 322 g/mol. The first-order chi connectivity index (χ1) is 10.6. The van der Waals surface area contributed by atoms with Crippen LogP contribution in [0.15, 0.2) is 6.20 Å². The minimum atomic E-state index is -0.443. The number of hydrogen-bond donors (Lipinski definition) is 2. The highest BCUT2D eigenvalue weighted by molar-refractivity contribution is 5.84. The van der Waals surface area contributed by atoms with E-state index < -0.39 is 12.1 Å². The van der Waals surface area contributed by atoms with Crippen molar-refractivity contribution in [3.8, 4) is 0 Å². The van der Waals surface area contributed by atoms with Crippen LogP contribution in [-0.2, 0) is 9.59 Å². The molecule has 0 aliphatic rings. The van der Waals surface area contributed by atoms with Crippen LogP contribution in [0.5, 0.6) is 0 Å². The first-order valence-electron chi connectivity index (χ1n) is 7.42. The van der Waals surface area contributed by atoms with E-state index in [2.05, 4.69) is 20.6 Å². The predicted molar refractivity (Wildman–Crippen MR) is 90.3 cm³/mol. The molecule has 0 aliphatic heterocycles. The maximum atomic E-state index is 11.9. The van der Waals surface area contributed by atoms with Crippen LogP contribution in [0.2, 0.25) is 0 Å². The van der Waals surface area contributed by atoms with Gasteiger partial charge in [-0.05, 0) is 20.8 Å². The summed E-state index contributed by atoms with van der Waals surface area (Å²) in [5.74, 6) is 0.786. The zero-order valence-electron chi connectivity index (χ0n) is 14.8. The van der Waals surface area contributed by atoms with Crippen molar-refractivity contribution in [2.45, 2.75) is 32.9 Å². The lowest BCUT2D eigenvalue weighted by Gasteiger charge is -2.21. The summed E-state index contributed by atoms with van der Waals surface area (Å²) < 4.78 is 0. The Hall–Kier alpha value is -2.38. The quantitative estimate of drug-likeness (QED) is 0.795. The van der Waals surface area contributed by atoms with Gasteiger partial charge in [-0.3, -0.25) is 9.59 Å². The minimum Gasteiger partial charge on any atom is -0.358 e. The molecule has 1 heterocycles. The Morgan fingerprint density at radius 1 is 1.00 bits per heavy atom. The number of nitrogens with zero attached hydrogens (tertiary/aromatic N) is 4. The minimum absolute atomic E-state index is 0.0475. The molecule has 2 amide bonds. The van der Waals surface area contributed by atoms with E-state index in [1.54, 1.807) is 48.2 Å². The Labute approximate surface area is 137 Å². The van der Waals surface area contributed by atoms with Gasteiger partial charge in [-0.1, -0.05) is 0 Å². The van der Waals surface area contributed by atoms with Crippen LogP contribution in [-0.4, -0.2) is 71.9 Å². The highest BCUT2D eigenvalue weighted by Crippen LogP contribution is 2.15. The third kappa shape index (κ3) is 5.08. The number of amides is 2. The van der Waals surface area contributed by atoms with Crippen LogP contribution in [0.4, 0.5) is 11.8 Å². The third-order valence-electron chi connectivity index (χ3n) is 3.29. The first-order valence-corrected chi connectivity index (χ1v) is 7.42. The van der Waals surface area contributed by atoms with Crippen molar-refractivity contribution in [2.75, 3.05) is 38.8 Å². The Kier molecular flexibility index (Phi) is 6.29. The fourth-order valence-electron chi connectivity index (χ4n) is 1.95. The summed E-state index contributed by atoms with van der Waals surface area (Å²) in [6, 6.07) is -0.853. The molecule has 1 rings (SSSR count). The van der Waals surface area contributed by atoms with Gasteiger partial charge in [0, 0.05) is 40.0 Å². The molecule has 0 bridgehead atoms. The molecule has 0 aliphatic carbocycles. The van der Waals surface area contributed by atoms with Crippen LogP contribution in [0.25, 0.3) is 0 Å². The molecule has 23 heavy (non-hydrogen) atoms. The van der Waals surface area contributed by atoms with Gasteiger partial charge in [-0.25, -0.2) is 4.98 Å². The number of likely N-dealkylation sites (N-methyl/N-ethyl adjacent to an activating group) is 2. The van der Waals surface area contributed by atoms with Crippen molar-refractivity contribution in [1.82, 2.24) is 19.8 Å². The maximum Gasteiger partial charge on any atom is 0.244 e. The Balaban J connectivity index is 2.87. The third-order valence-corrected chi connectivity index (χ3v) is 3.29. The highest BCUT2D eigenvalue weighted by Gasteiger charge is 2.18. The van der Waals surface area contributed by atoms with E-state index in [4.69, 9.17) is 0 Å². The van der Waals surface area contributed by atoms with Gasteiger partial charge >= 0.3 is 0 Å². The molecule has 0 saturated carbocycles. The number of nitrogens with one attached hydrogen (secondary N) is 2. The van der Waals surface area contributed by atoms with Crippen LogP contribution in [0.1, 0.15) is 19.4 Å². The molecule has 8 heteroatoms. The molecule has 128 valence electrons. The molecule has 0 saturated heterocycles. The number of aromatic nitrogens is 2. The van der Waals surface area contributed by atoms with Gasteiger partial charge in [0.25, 0.3) is 0 Å². The molecular weight excluding hydrogens is 296 g/mol. The van der Waals surface area contributed by atoms with Crippen LogP contribution in [0.3, 0.4) is 0 Å². The molecule has 2 atom stereocenters. The van der Waals surface area contributed by atoms with Gasteiger partial charge in [0.1, 0.15) is 17.9 Å². The molecule has 1 aromatic rings. The number of aryl methyl sites for hydroxylation is 1. The summed E-state index contributed by atoms with van der Waals surface area (Å²) in [6.07, 6.45) is 1.65. The van der Waals surface area contributed by atoms with Crippen molar-refractivity contribution >= 4 is 23.6 Å². The molecule has 0 spiro atoms. The van der Waals surface area contributed by atoms with Crippen LogP contribution >= 0.6 is 0 Å². The van der Waals surface area contributed by atoms with Crippen molar-refractivity contribution in [3.63, 3.8) is 0 Å². The lowest BCUT2D eigenvalue weighted by atomic mass is 10.2. The Morgan fingerprint density at radius 3 is 1.96 bits per heavy atom. The van der Waals surface area contributed by atoms with Gasteiger partial charge in [0.05, 0.1) is 0 Å². The molecule has 0 aromatic carbocycles. The molecule has 0 radical (unpaired) electrons. The average Bonchev–Trinajstić information content (AvgIpc) is 2.48. The van der Waals surface area contributed by atoms with Crippen molar-refractivity contribution in [3.05, 3.63) is 11.8 Å². The number of rotatable bonds is 6. The summed E-state index contributed by atoms with van der Waals surface area (Å²) in [4.78, 5) is 35.4. The second-order valence-corrected chi connectivity index (χ2v) is 5.92. The van der Waals surface area contributed by atoms with Crippen molar-refractivity contribution in [2.24, 2.45) is 0 Å². The summed E-state index contributed by atoms with van der Waals surface area (Å²) in [5.41, 5.74) is 0.820. The molecule has 0 fully saturated rings. The van der Waals surface area contributed by atoms with E-state index in [0.717, 1.165) is 5.56 Å². The lowest BCUT2D eigenvalue weighted by molar-refractivity contribution is -0.129. The number of carbonyl (C=O) groups is 2. The van der Waals surface area contributed by atoms with Gasteiger partial charge in [0.2, 0.25) is 17.8 Å². The van der Waals surface area contributed by atoms with Crippen molar-refractivity contribution < 1.29 is 9.59 Å². The smallest absolute Gasteiger partial charge is 0.244 e. The Morgan fingerprint density at radius 2 is 1.48 bits per heavy atom. The summed E-state index contributed by atoms with van der Waals surface area (Å²) >= 11 is 0. The Bertz CT molecular complexity index is 573. The van der Waals surface area contributed by atoms with Crippen molar-refractivity contribution in [1.29, 1.82) is 0 Å². The summed E-state index contributed by atoms with van der Waals surface area (Å²) in [7, 11) is 6.79. The molecule has 8 nitrogen and oxygen atoms in total. The lowest BCUT2D eigenvalue weighted by Crippen LogP contribution is -2.38. The zero-order valence-corrected chi connectivity index (χ0v) is 14.8. The number of hydrogen-bond acceptors (Lipinski definition) is 6. The van der Waals surface area contributed by atoms with E-state index in [9.17, 15) is 9.59 Å². The molecule has 2 N–H and O–H groups in total. The average molecular weight is 322 g/mol. The second kappa shape index (κ2) is 7.75. The zero-order chi connectivity index (χ0) is 17.7. The summed E-state index contributed by atoms with van der Waals surface area (Å²) in [6.45, 7) is 5.37. The van der Waals surface area contributed by atoms with E-state index in [0.29, 0.717) is 11.8 Å². The van der Waals surface area contributed by atoms with E-state index in [1.807, 2.05) is 6.92 Å². The van der Waals surface area contributed by atoms with Gasteiger partial charge in [0.15, 0.2) is 0 Å². The standard InChI is InChI=1S/C15H26N6O2/c1-9-8-16-15(18-11(3)14(23)21(6)7)19-12(9)17-10(2)13(22)20(4)5/h8,10-11H,1-7H3,(H2,16,17,18,19)/t10-,11-/m0/s1.